The Balaban J connectivity index is 1.81. The number of non-ortho nitro benzene ring substituents is 1. The molecule has 8 nitrogen and oxygen atoms in total. The van der Waals surface area contributed by atoms with E-state index in [0.717, 1.165) is 4.90 Å². The van der Waals surface area contributed by atoms with Crippen LogP contribution in [-0.4, -0.2) is 23.3 Å². The third kappa shape index (κ3) is 4.28. The van der Waals surface area contributed by atoms with Gasteiger partial charge >= 0.3 is 0 Å². The highest BCUT2D eigenvalue weighted by molar-refractivity contribution is 6.48. The number of hydrogen-bond donors (Lipinski definition) is 1. The van der Waals surface area contributed by atoms with E-state index in [1.54, 1.807) is 48.5 Å². The van der Waals surface area contributed by atoms with Gasteiger partial charge in [0.15, 0.2) is 0 Å². The van der Waals surface area contributed by atoms with Crippen LogP contribution in [-0.2, 0) is 9.59 Å². The van der Waals surface area contributed by atoms with E-state index in [1.807, 2.05) is 6.92 Å². The molecule has 0 fully saturated rings. The molecule has 1 N–H and O–H groups in total. The lowest BCUT2D eigenvalue weighted by Crippen LogP contribution is -2.32. The lowest BCUT2D eigenvalue weighted by Gasteiger charge is -2.16. The number of nitrogens with one attached hydrogen (secondary N) is 1. The number of amides is 2. The summed E-state index contributed by atoms with van der Waals surface area (Å²) in [5.41, 5.74) is 1.12. The maximum atomic E-state index is 13.4. The molecule has 0 aliphatic carbocycles. The lowest BCUT2D eigenvalue weighted by atomic mass is 10.0. The molecular formula is C24H18ClN3O5. The van der Waals surface area contributed by atoms with Crippen molar-refractivity contribution in [1.82, 2.24) is 0 Å². The van der Waals surface area contributed by atoms with Crippen LogP contribution in [0.2, 0.25) is 5.02 Å². The highest BCUT2D eigenvalue weighted by Gasteiger charge is 2.41. The maximum Gasteiger partial charge on any atom is 0.282 e. The summed E-state index contributed by atoms with van der Waals surface area (Å²) in [6.45, 7) is 2.33. The zero-order valence-electron chi connectivity index (χ0n) is 17.4. The first kappa shape index (κ1) is 22.0. The third-order valence-electron chi connectivity index (χ3n) is 4.96. The van der Waals surface area contributed by atoms with Crippen LogP contribution in [0.25, 0.3) is 5.57 Å². The molecule has 0 spiro atoms. The fraction of sp³-hybridized carbons (Fsp3) is 0.0833. The van der Waals surface area contributed by atoms with Crippen LogP contribution in [0, 0.1) is 10.1 Å². The number of para-hydroxylation sites is 1. The quantitative estimate of drug-likeness (QED) is 0.299. The number of carbonyl (C=O) groups excluding carboxylic acids is 2. The Bertz CT molecular complexity index is 1290. The summed E-state index contributed by atoms with van der Waals surface area (Å²) in [4.78, 5) is 38.4. The number of nitro benzene ring substituents is 1. The Morgan fingerprint density at radius 1 is 1.00 bits per heavy atom. The maximum absolute atomic E-state index is 13.4. The van der Waals surface area contributed by atoms with Gasteiger partial charge in [0, 0.05) is 23.9 Å². The molecule has 0 unspecified atom stereocenters. The summed E-state index contributed by atoms with van der Waals surface area (Å²) >= 11 is 6.27. The van der Waals surface area contributed by atoms with Crippen molar-refractivity contribution in [1.29, 1.82) is 0 Å². The van der Waals surface area contributed by atoms with Gasteiger partial charge in [0.25, 0.3) is 17.5 Å². The van der Waals surface area contributed by atoms with Gasteiger partial charge in [0.1, 0.15) is 11.4 Å². The van der Waals surface area contributed by atoms with E-state index < -0.39 is 16.7 Å². The van der Waals surface area contributed by atoms with Crippen molar-refractivity contribution >= 4 is 46.1 Å². The molecule has 3 aromatic rings. The predicted octanol–water partition coefficient (Wildman–Crippen LogP) is 5.04. The fourth-order valence-corrected chi connectivity index (χ4v) is 3.71. The van der Waals surface area contributed by atoms with E-state index in [1.165, 1.54) is 24.3 Å². The second-order valence-electron chi connectivity index (χ2n) is 7.04. The standard InChI is InChI=1S/C24H18ClN3O5/c1-2-33-18-7-5-6-16(14-18)26-22-21(15-10-12-17(13-11-15)28(31)32)23(29)27(24(22)30)20-9-4-3-8-19(20)25/h3-14,26H,2H2,1H3. The van der Waals surface area contributed by atoms with Gasteiger partial charge in [-0.15, -0.1) is 0 Å². The van der Waals surface area contributed by atoms with Gasteiger partial charge in [0.2, 0.25) is 0 Å². The first-order valence-electron chi connectivity index (χ1n) is 10.0. The fourth-order valence-electron chi connectivity index (χ4n) is 3.49. The lowest BCUT2D eigenvalue weighted by molar-refractivity contribution is -0.384. The molecule has 0 bridgehead atoms. The first-order valence-corrected chi connectivity index (χ1v) is 10.4. The molecule has 0 atom stereocenters. The number of rotatable bonds is 7. The average molecular weight is 464 g/mol. The number of halogens is 1. The summed E-state index contributed by atoms with van der Waals surface area (Å²) in [5, 5.41) is 14.3. The van der Waals surface area contributed by atoms with Gasteiger partial charge in [-0.2, -0.15) is 0 Å². The Kier molecular flexibility index (Phi) is 6.10. The van der Waals surface area contributed by atoms with Crippen molar-refractivity contribution in [3.05, 3.63) is 99.2 Å². The number of imide groups is 1. The number of ether oxygens (including phenoxy) is 1. The molecule has 0 saturated carbocycles. The van der Waals surface area contributed by atoms with Crippen LogP contribution < -0.4 is 15.0 Å². The van der Waals surface area contributed by atoms with Gasteiger partial charge in [0.05, 0.1) is 27.8 Å². The summed E-state index contributed by atoms with van der Waals surface area (Å²) in [5.74, 6) is -0.589. The van der Waals surface area contributed by atoms with E-state index in [9.17, 15) is 19.7 Å². The van der Waals surface area contributed by atoms with Crippen LogP contribution in [0.5, 0.6) is 5.75 Å². The van der Waals surface area contributed by atoms with Crippen molar-refractivity contribution in [3.8, 4) is 5.75 Å². The van der Waals surface area contributed by atoms with Crippen molar-refractivity contribution in [2.24, 2.45) is 0 Å². The summed E-state index contributed by atoms with van der Waals surface area (Å²) in [7, 11) is 0. The van der Waals surface area contributed by atoms with Crippen molar-refractivity contribution in [2.75, 3.05) is 16.8 Å². The molecule has 3 aromatic carbocycles. The van der Waals surface area contributed by atoms with Crippen LogP contribution in [0.1, 0.15) is 12.5 Å². The number of nitro groups is 1. The van der Waals surface area contributed by atoms with E-state index in [4.69, 9.17) is 16.3 Å². The molecule has 0 aromatic heterocycles. The minimum Gasteiger partial charge on any atom is -0.494 e. The molecule has 33 heavy (non-hydrogen) atoms. The largest absolute Gasteiger partial charge is 0.494 e. The Hall–Kier alpha value is -4.17. The van der Waals surface area contributed by atoms with E-state index >= 15 is 0 Å². The Morgan fingerprint density at radius 3 is 2.39 bits per heavy atom. The first-order chi connectivity index (χ1) is 15.9. The zero-order chi connectivity index (χ0) is 23.5. The van der Waals surface area contributed by atoms with E-state index in [2.05, 4.69) is 5.32 Å². The monoisotopic (exact) mass is 463 g/mol. The highest BCUT2D eigenvalue weighted by atomic mass is 35.5. The van der Waals surface area contributed by atoms with Crippen molar-refractivity contribution in [3.63, 3.8) is 0 Å². The minimum atomic E-state index is -0.594. The van der Waals surface area contributed by atoms with Gasteiger partial charge in [-0.05, 0) is 48.9 Å². The number of benzene rings is 3. The summed E-state index contributed by atoms with van der Waals surface area (Å²) in [6.07, 6.45) is 0. The van der Waals surface area contributed by atoms with Crippen LogP contribution in [0.4, 0.5) is 17.1 Å². The highest BCUT2D eigenvalue weighted by Crippen LogP contribution is 2.37. The molecule has 2 amide bonds. The number of hydrogen-bond acceptors (Lipinski definition) is 6. The number of carbonyl (C=O) groups is 2. The second kappa shape index (κ2) is 9.13. The molecule has 0 radical (unpaired) electrons. The SMILES string of the molecule is CCOc1cccc(NC2=C(c3ccc([N+](=O)[O-])cc3)C(=O)N(c3ccccc3Cl)C2=O)c1. The third-order valence-corrected chi connectivity index (χ3v) is 5.28. The van der Waals surface area contributed by atoms with Gasteiger partial charge < -0.3 is 10.1 Å². The van der Waals surface area contributed by atoms with Gasteiger partial charge in [-0.3, -0.25) is 19.7 Å². The van der Waals surface area contributed by atoms with Crippen molar-refractivity contribution in [2.45, 2.75) is 6.92 Å². The van der Waals surface area contributed by atoms with E-state index in [0.29, 0.717) is 23.6 Å². The summed E-state index contributed by atoms with van der Waals surface area (Å²) in [6, 6.07) is 18.9. The molecular weight excluding hydrogens is 446 g/mol. The minimum absolute atomic E-state index is 0.0300. The van der Waals surface area contributed by atoms with Crippen LogP contribution in [0.15, 0.2) is 78.5 Å². The molecule has 1 aliphatic heterocycles. The second-order valence-corrected chi connectivity index (χ2v) is 7.44. The molecule has 1 heterocycles. The molecule has 9 heteroatoms. The van der Waals surface area contributed by atoms with Gasteiger partial charge in [-0.1, -0.05) is 29.8 Å². The smallest absolute Gasteiger partial charge is 0.282 e. The molecule has 166 valence electrons. The normalized spacial score (nSPS) is 13.5. The zero-order valence-corrected chi connectivity index (χ0v) is 18.2. The van der Waals surface area contributed by atoms with Crippen LogP contribution in [0.3, 0.4) is 0 Å². The predicted molar refractivity (Wildman–Crippen MR) is 125 cm³/mol. The van der Waals surface area contributed by atoms with Gasteiger partial charge in [-0.25, -0.2) is 4.90 Å². The number of anilines is 2. The van der Waals surface area contributed by atoms with Crippen LogP contribution >= 0.6 is 11.6 Å². The Labute approximate surface area is 194 Å². The Morgan fingerprint density at radius 2 is 1.73 bits per heavy atom. The topological polar surface area (TPSA) is 102 Å². The molecule has 1 aliphatic rings. The van der Waals surface area contributed by atoms with Crippen molar-refractivity contribution < 1.29 is 19.2 Å². The van der Waals surface area contributed by atoms with E-state index in [-0.39, 0.29) is 27.7 Å². The number of nitrogens with zero attached hydrogens (tertiary/aromatic N) is 2. The molecule has 4 rings (SSSR count). The summed E-state index contributed by atoms with van der Waals surface area (Å²) < 4.78 is 5.51. The average Bonchev–Trinajstić information content (AvgIpc) is 3.04. The molecule has 0 saturated heterocycles.